The van der Waals surface area contributed by atoms with Gasteiger partial charge in [0.25, 0.3) is 0 Å². The molecule has 4 nitrogen and oxygen atoms in total. The van der Waals surface area contributed by atoms with Crippen LogP contribution in [0, 0.1) is 11.3 Å². The van der Waals surface area contributed by atoms with Crippen LogP contribution in [0.4, 0.5) is 0 Å². The molecule has 90 valence electrons. The van der Waals surface area contributed by atoms with E-state index >= 15 is 0 Å². The Morgan fingerprint density at radius 1 is 1.41 bits per heavy atom. The Morgan fingerprint density at radius 3 is 2.71 bits per heavy atom. The van der Waals surface area contributed by atoms with Crippen LogP contribution in [0.5, 0.6) is 0 Å². The quantitative estimate of drug-likeness (QED) is 0.787. The first-order valence-corrected chi connectivity index (χ1v) is 5.49. The van der Waals surface area contributed by atoms with E-state index < -0.39 is 5.97 Å². The summed E-state index contributed by atoms with van der Waals surface area (Å²) in [5, 5.41) is 17.6. The molecule has 0 aliphatic rings. The van der Waals surface area contributed by atoms with Crippen molar-refractivity contribution in [3.63, 3.8) is 0 Å². The van der Waals surface area contributed by atoms with Gasteiger partial charge in [0.1, 0.15) is 0 Å². The second-order valence-corrected chi connectivity index (χ2v) is 3.57. The third kappa shape index (κ3) is 3.89. The van der Waals surface area contributed by atoms with Gasteiger partial charge in [-0.15, -0.1) is 0 Å². The molecule has 17 heavy (non-hydrogen) atoms. The van der Waals surface area contributed by atoms with Crippen molar-refractivity contribution in [3.05, 3.63) is 34.9 Å². The minimum atomic E-state index is -0.402. The lowest BCUT2D eigenvalue weighted by Gasteiger charge is -2.07. The van der Waals surface area contributed by atoms with Crippen molar-refractivity contribution in [1.82, 2.24) is 0 Å². The summed E-state index contributed by atoms with van der Waals surface area (Å²) in [5.41, 5.74) is 1.94. The lowest BCUT2D eigenvalue weighted by Crippen LogP contribution is -2.06. The Balaban J connectivity index is 2.97. The van der Waals surface area contributed by atoms with Crippen LogP contribution in [0.2, 0.25) is 0 Å². The number of rotatable bonds is 5. The van der Waals surface area contributed by atoms with Crippen molar-refractivity contribution in [1.29, 1.82) is 5.26 Å². The van der Waals surface area contributed by atoms with Gasteiger partial charge in [0.05, 0.1) is 24.8 Å². The van der Waals surface area contributed by atoms with Gasteiger partial charge in [-0.1, -0.05) is 6.07 Å². The number of carbonyl (C=O) groups excluding carboxylic acids is 1. The molecule has 0 atom stereocenters. The number of hydrogen-bond acceptors (Lipinski definition) is 4. The highest BCUT2D eigenvalue weighted by molar-refractivity contribution is 5.89. The number of ether oxygens (including phenoxy) is 1. The molecule has 4 heteroatoms. The van der Waals surface area contributed by atoms with Crippen LogP contribution in [-0.2, 0) is 17.8 Å². The fraction of sp³-hybridized carbons (Fsp3) is 0.385. The van der Waals surface area contributed by atoms with Gasteiger partial charge in [-0.05, 0) is 36.6 Å². The molecule has 0 unspecified atom stereocenters. The van der Waals surface area contributed by atoms with E-state index in [2.05, 4.69) is 0 Å². The van der Waals surface area contributed by atoms with Crippen LogP contribution in [-0.4, -0.2) is 17.7 Å². The van der Waals surface area contributed by atoms with E-state index in [0.29, 0.717) is 30.6 Å². The van der Waals surface area contributed by atoms with Crippen molar-refractivity contribution in [3.8, 4) is 6.07 Å². The molecule has 1 N–H and O–H groups in total. The molecule has 0 spiro atoms. The maximum Gasteiger partial charge on any atom is 0.338 e. The van der Waals surface area contributed by atoms with E-state index in [4.69, 9.17) is 15.1 Å². The van der Waals surface area contributed by atoms with Crippen molar-refractivity contribution in [2.24, 2.45) is 0 Å². The predicted octanol–water partition coefficient (Wildman–Crippen LogP) is 1.81. The van der Waals surface area contributed by atoms with Gasteiger partial charge in [0, 0.05) is 6.42 Å². The standard InChI is InChI=1S/C13H15NO3/c1-2-17-13(16)12-7-10(4-3-5-14)6-11(8-12)9-15/h6-8,15H,2-4,9H2,1H3. The van der Waals surface area contributed by atoms with Crippen LogP contribution < -0.4 is 0 Å². The minimum Gasteiger partial charge on any atom is -0.462 e. The van der Waals surface area contributed by atoms with Gasteiger partial charge in [0.2, 0.25) is 0 Å². The molecule has 0 aliphatic heterocycles. The molecule has 0 saturated carbocycles. The molecule has 0 aromatic heterocycles. The zero-order valence-electron chi connectivity index (χ0n) is 9.77. The fourth-order valence-corrected chi connectivity index (χ4v) is 1.53. The largest absolute Gasteiger partial charge is 0.462 e. The molecule has 0 aliphatic carbocycles. The topological polar surface area (TPSA) is 70.3 Å². The van der Waals surface area contributed by atoms with E-state index in [1.165, 1.54) is 0 Å². The van der Waals surface area contributed by atoms with Gasteiger partial charge in [-0.3, -0.25) is 0 Å². The second kappa shape index (κ2) is 6.66. The van der Waals surface area contributed by atoms with Gasteiger partial charge in [0.15, 0.2) is 0 Å². The average molecular weight is 233 g/mol. The Bertz CT molecular complexity index is 435. The second-order valence-electron chi connectivity index (χ2n) is 3.57. The van der Waals surface area contributed by atoms with Crippen molar-refractivity contribution in [2.75, 3.05) is 6.61 Å². The molecule has 0 bridgehead atoms. The normalized spacial score (nSPS) is 9.71. The number of esters is 1. The van der Waals surface area contributed by atoms with Crippen molar-refractivity contribution in [2.45, 2.75) is 26.4 Å². The fourth-order valence-electron chi connectivity index (χ4n) is 1.53. The molecule has 0 fully saturated rings. The van der Waals surface area contributed by atoms with Crippen LogP contribution in [0.1, 0.15) is 34.8 Å². The molecule has 0 amide bonds. The Kier molecular flexibility index (Phi) is 5.18. The summed E-state index contributed by atoms with van der Waals surface area (Å²) < 4.78 is 4.90. The van der Waals surface area contributed by atoms with E-state index in [1.54, 1.807) is 25.1 Å². The van der Waals surface area contributed by atoms with Crippen LogP contribution in [0.15, 0.2) is 18.2 Å². The average Bonchev–Trinajstić information content (AvgIpc) is 2.36. The monoisotopic (exact) mass is 233 g/mol. The first-order chi connectivity index (χ1) is 8.21. The Labute approximate surface area is 100 Å². The Morgan fingerprint density at radius 2 is 2.12 bits per heavy atom. The zero-order chi connectivity index (χ0) is 12.7. The highest BCUT2D eigenvalue weighted by Crippen LogP contribution is 2.13. The number of hydrogen-bond donors (Lipinski definition) is 1. The molecular formula is C13H15NO3. The molecule has 0 saturated heterocycles. The van der Waals surface area contributed by atoms with E-state index in [-0.39, 0.29) is 6.61 Å². The highest BCUT2D eigenvalue weighted by Gasteiger charge is 2.09. The van der Waals surface area contributed by atoms with Crippen LogP contribution >= 0.6 is 0 Å². The van der Waals surface area contributed by atoms with E-state index in [0.717, 1.165) is 5.56 Å². The number of aliphatic hydroxyl groups is 1. The van der Waals surface area contributed by atoms with E-state index in [1.807, 2.05) is 6.07 Å². The SMILES string of the molecule is CCOC(=O)c1cc(CO)cc(CCC#N)c1. The van der Waals surface area contributed by atoms with Crippen LogP contribution in [0.3, 0.4) is 0 Å². The minimum absolute atomic E-state index is 0.132. The lowest BCUT2D eigenvalue weighted by molar-refractivity contribution is 0.0526. The first-order valence-electron chi connectivity index (χ1n) is 5.49. The summed E-state index contributed by atoms with van der Waals surface area (Å²) in [4.78, 5) is 11.6. The van der Waals surface area contributed by atoms with Gasteiger partial charge in [-0.2, -0.15) is 5.26 Å². The molecule has 1 rings (SSSR count). The summed E-state index contributed by atoms with van der Waals surface area (Å²) in [6.07, 6.45) is 0.952. The zero-order valence-corrected chi connectivity index (χ0v) is 9.77. The Hall–Kier alpha value is -1.86. The number of aliphatic hydroxyl groups excluding tert-OH is 1. The summed E-state index contributed by atoms with van der Waals surface area (Å²) >= 11 is 0. The molecule has 1 aromatic carbocycles. The van der Waals surface area contributed by atoms with Crippen molar-refractivity contribution >= 4 is 5.97 Å². The van der Waals surface area contributed by atoms with E-state index in [9.17, 15) is 4.79 Å². The summed E-state index contributed by atoms with van der Waals surface area (Å²) in [7, 11) is 0. The number of nitriles is 1. The van der Waals surface area contributed by atoms with Crippen molar-refractivity contribution < 1.29 is 14.6 Å². The molecule has 0 radical (unpaired) electrons. The number of aryl methyl sites for hydroxylation is 1. The summed E-state index contributed by atoms with van der Waals surface area (Å²) in [6, 6.07) is 7.15. The maximum absolute atomic E-state index is 11.6. The third-order valence-corrected chi connectivity index (χ3v) is 2.27. The molecular weight excluding hydrogens is 218 g/mol. The highest BCUT2D eigenvalue weighted by atomic mass is 16.5. The smallest absolute Gasteiger partial charge is 0.338 e. The molecule has 1 aromatic rings. The van der Waals surface area contributed by atoms with Gasteiger partial charge in [-0.25, -0.2) is 4.79 Å². The number of carbonyl (C=O) groups is 1. The third-order valence-electron chi connectivity index (χ3n) is 2.27. The maximum atomic E-state index is 11.6. The molecule has 0 heterocycles. The van der Waals surface area contributed by atoms with Crippen LogP contribution in [0.25, 0.3) is 0 Å². The summed E-state index contributed by atoms with van der Waals surface area (Å²) in [5.74, 6) is -0.402. The van der Waals surface area contributed by atoms with Gasteiger partial charge < -0.3 is 9.84 Å². The van der Waals surface area contributed by atoms with Gasteiger partial charge >= 0.3 is 5.97 Å². The summed E-state index contributed by atoms with van der Waals surface area (Å²) in [6.45, 7) is 1.92. The number of nitrogens with zero attached hydrogens (tertiary/aromatic N) is 1. The number of benzene rings is 1. The first kappa shape index (κ1) is 13.2. The lowest BCUT2D eigenvalue weighted by atomic mass is 10.0. The predicted molar refractivity (Wildman–Crippen MR) is 62.3 cm³/mol.